The second-order valence-corrected chi connectivity index (χ2v) is 4.18. The van der Waals surface area contributed by atoms with E-state index in [1.807, 2.05) is 0 Å². The fourth-order valence-corrected chi connectivity index (χ4v) is 1.63. The Bertz CT molecular complexity index is 282. The van der Waals surface area contributed by atoms with Crippen LogP contribution < -0.4 is 10.6 Å². The van der Waals surface area contributed by atoms with Crippen molar-refractivity contribution in [1.82, 2.24) is 10.6 Å². The van der Waals surface area contributed by atoms with E-state index in [9.17, 15) is 9.59 Å². The normalized spacial score (nSPS) is 27.3. The topological polar surface area (TPSA) is 95.1 Å². The lowest BCUT2D eigenvalue weighted by atomic mass is 10.3. The molecule has 0 spiro atoms. The molecule has 0 unspecified atom stereocenters. The molecule has 0 radical (unpaired) electrons. The first-order valence-corrected chi connectivity index (χ1v) is 6.48. The molecule has 8 nitrogen and oxygen atoms in total. The molecule has 2 amide bonds. The summed E-state index contributed by atoms with van der Waals surface area (Å²) in [5, 5.41) is 5.35. The van der Waals surface area contributed by atoms with Crippen LogP contribution in [0.2, 0.25) is 0 Å². The van der Waals surface area contributed by atoms with E-state index in [0.717, 1.165) is 0 Å². The zero-order valence-electron chi connectivity index (χ0n) is 11.8. The standard InChI is InChI=1S/C12H22N2O6/c1-17-11-7-9(15)13-4-6-20-12(18-2)8-10(16)14-3-5-19-11/h11-12H,3-8H2,1-2H3,(H,13,15)(H,14,16)/t11-,12+. The fraction of sp³-hybridized carbons (Fsp3) is 0.833. The van der Waals surface area contributed by atoms with Crippen molar-refractivity contribution in [1.29, 1.82) is 0 Å². The number of carbonyl (C=O) groups excluding carboxylic acids is 2. The van der Waals surface area contributed by atoms with Gasteiger partial charge in [-0.3, -0.25) is 9.59 Å². The van der Waals surface area contributed by atoms with E-state index >= 15 is 0 Å². The SMILES string of the molecule is CO[C@H]1CC(=O)NCCO[C@H](OC)CC(=O)NCCO1. The summed E-state index contributed by atoms with van der Waals surface area (Å²) in [6.07, 6.45) is -1.05. The fourth-order valence-electron chi connectivity index (χ4n) is 1.63. The number of ether oxygens (including phenoxy) is 4. The van der Waals surface area contributed by atoms with Crippen molar-refractivity contribution in [2.24, 2.45) is 0 Å². The Morgan fingerprint density at radius 2 is 1.30 bits per heavy atom. The molecular weight excluding hydrogens is 268 g/mol. The van der Waals surface area contributed by atoms with Crippen LogP contribution in [0.25, 0.3) is 0 Å². The van der Waals surface area contributed by atoms with Gasteiger partial charge in [0.25, 0.3) is 0 Å². The highest BCUT2D eigenvalue weighted by atomic mass is 16.7. The quantitative estimate of drug-likeness (QED) is 0.677. The second kappa shape index (κ2) is 9.65. The van der Waals surface area contributed by atoms with Crippen molar-refractivity contribution in [3.8, 4) is 0 Å². The third kappa shape index (κ3) is 6.80. The van der Waals surface area contributed by atoms with Gasteiger partial charge in [-0.25, -0.2) is 0 Å². The Hall–Kier alpha value is -1.22. The van der Waals surface area contributed by atoms with Crippen LogP contribution in [0.4, 0.5) is 0 Å². The van der Waals surface area contributed by atoms with Gasteiger partial charge < -0.3 is 29.6 Å². The third-order valence-corrected chi connectivity index (χ3v) is 2.69. The molecule has 1 aliphatic heterocycles. The van der Waals surface area contributed by atoms with E-state index in [0.29, 0.717) is 13.1 Å². The molecule has 1 heterocycles. The molecule has 1 saturated heterocycles. The maximum absolute atomic E-state index is 11.6. The lowest BCUT2D eigenvalue weighted by Crippen LogP contribution is -2.37. The first kappa shape index (κ1) is 16.8. The van der Waals surface area contributed by atoms with Crippen molar-refractivity contribution < 1.29 is 28.5 Å². The Labute approximate surface area is 118 Å². The van der Waals surface area contributed by atoms with Gasteiger partial charge >= 0.3 is 0 Å². The average Bonchev–Trinajstić information content (AvgIpc) is 2.44. The van der Waals surface area contributed by atoms with Gasteiger partial charge in [-0.05, 0) is 0 Å². The van der Waals surface area contributed by atoms with Crippen molar-refractivity contribution in [2.45, 2.75) is 25.4 Å². The number of amides is 2. The Morgan fingerprint density at radius 1 is 0.900 bits per heavy atom. The summed E-state index contributed by atoms with van der Waals surface area (Å²) in [5.74, 6) is -0.369. The van der Waals surface area contributed by atoms with E-state index in [1.165, 1.54) is 14.2 Å². The summed E-state index contributed by atoms with van der Waals surface area (Å²) >= 11 is 0. The highest BCUT2D eigenvalue weighted by Gasteiger charge is 2.16. The van der Waals surface area contributed by atoms with Crippen LogP contribution >= 0.6 is 0 Å². The minimum Gasteiger partial charge on any atom is -0.355 e. The average molecular weight is 290 g/mol. The number of hydrogen-bond donors (Lipinski definition) is 2. The molecule has 0 saturated carbocycles. The number of methoxy groups -OCH3 is 2. The van der Waals surface area contributed by atoms with E-state index < -0.39 is 12.6 Å². The minimum atomic E-state index is -0.623. The number of carbonyl (C=O) groups is 2. The first-order valence-electron chi connectivity index (χ1n) is 6.48. The van der Waals surface area contributed by atoms with Crippen LogP contribution in [0.5, 0.6) is 0 Å². The van der Waals surface area contributed by atoms with E-state index in [1.54, 1.807) is 0 Å². The summed E-state index contributed by atoms with van der Waals surface area (Å²) in [7, 11) is 2.93. The third-order valence-electron chi connectivity index (χ3n) is 2.69. The molecular formula is C12H22N2O6. The molecule has 1 aliphatic rings. The summed E-state index contributed by atoms with van der Waals surface area (Å²) in [5.41, 5.74) is 0. The van der Waals surface area contributed by atoms with Gasteiger partial charge in [0.2, 0.25) is 11.8 Å². The summed E-state index contributed by atoms with van der Waals surface area (Å²) in [6.45, 7) is 1.18. The zero-order chi connectivity index (χ0) is 14.8. The zero-order valence-corrected chi connectivity index (χ0v) is 11.8. The lowest BCUT2D eigenvalue weighted by Gasteiger charge is -2.19. The van der Waals surface area contributed by atoms with Gasteiger partial charge in [0, 0.05) is 27.3 Å². The van der Waals surface area contributed by atoms with Crippen molar-refractivity contribution in [2.75, 3.05) is 40.5 Å². The van der Waals surface area contributed by atoms with Crippen LogP contribution in [0, 0.1) is 0 Å². The van der Waals surface area contributed by atoms with Crippen LogP contribution in [-0.4, -0.2) is 64.9 Å². The molecule has 2 N–H and O–H groups in total. The maximum Gasteiger partial charge on any atom is 0.225 e. The van der Waals surface area contributed by atoms with Crippen molar-refractivity contribution in [3.63, 3.8) is 0 Å². The molecule has 116 valence electrons. The number of hydrogen-bond acceptors (Lipinski definition) is 6. The largest absolute Gasteiger partial charge is 0.355 e. The molecule has 0 aromatic carbocycles. The molecule has 0 aromatic heterocycles. The van der Waals surface area contributed by atoms with Gasteiger partial charge in [0.1, 0.15) is 0 Å². The van der Waals surface area contributed by atoms with E-state index in [-0.39, 0.29) is 37.9 Å². The van der Waals surface area contributed by atoms with Gasteiger partial charge in [-0.15, -0.1) is 0 Å². The Kier molecular flexibility index (Phi) is 8.12. The molecule has 0 bridgehead atoms. The van der Waals surface area contributed by atoms with Gasteiger partial charge in [0.15, 0.2) is 12.6 Å². The lowest BCUT2D eigenvalue weighted by molar-refractivity contribution is -0.155. The highest BCUT2D eigenvalue weighted by Crippen LogP contribution is 2.02. The van der Waals surface area contributed by atoms with E-state index in [4.69, 9.17) is 18.9 Å². The number of nitrogens with one attached hydrogen (secondary N) is 2. The predicted molar refractivity (Wildman–Crippen MR) is 68.8 cm³/mol. The van der Waals surface area contributed by atoms with Crippen molar-refractivity contribution in [3.05, 3.63) is 0 Å². The van der Waals surface area contributed by atoms with Crippen molar-refractivity contribution >= 4 is 11.8 Å². The summed E-state index contributed by atoms with van der Waals surface area (Å²) in [4.78, 5) is 23.2. The van der Waals surface area contributed by atoms with Crippen LogP contribution in [0.1, 0.15) is 12.8 Å². The van der Waals surface area contributed by atoms with E-state index in [2.05, 4.69) is 10.6 Å². The monoisotopic (exact) mass is 290 g/mol. The van der Waals surface area contributed by atoms with Gasteiger partial charge in [-0.1, -0.05) is 0 Å². The predicted octanol–water partition coefficient (Wildman–Crippen LogP) is -1.01. The molecule has 8 heteroatoms. The molecule has 1 rings (SSSR count). The summed E-state index contributed by atoms with van der Waals surface area (Å²) in [6, 6.07) is 0. The summed E-state index contributed by atoms with van der Waals surface area (Å²) < 4.78 is 20.8. The Balaban J connectivity index is 2.50. The second-order valence-electron chi connectivity index (χ2n) is 4.18. The molecule has 0 aromatic rings. The van der Waals surface area contributed by atoms with Gasteiger partial charge in [0.05, 0.1) is 26.1 Å². The highest BCUT2D eigenvalue weighted by molar-refractivity contribution is 5.76. The maximum atomic E-state index is 11.6. The molecule has 20 heavy (non-hydrogen) atoms. The molecule has 0 aliphatic carbocycles. The Morgan fingerprint density at radius 3 is 1.65 bits per heavy atom. The minimum absolute atomic E-state index is 0.0954. The molecule has 1 fully saturated rings. The van der Waals surface area contributed by atoms with Crippen LogP contribution in [0.15, 0.2) is 0 Å². The van der Waals surface area contributed by atoms with Crippen LogP contribution in [-0.2, 0) is 28.5 Å². The smallest absolute Gasteiger partial charge is 0.225 e. The van der Waals surface area contributed by atoms with Gasteiger partial charge in [-0.2, -0.15) is 0 Å². The molecule has 2 atom stereocenters. The van der Waals surface area contributed by atoms with Crippen LogP contribution in [0.3, 0.4) is 0 Å². The number of rotatable bonds is 2. The first-order chi connectivity index (χ1) is 9.65.